The Balaban J connectivity index is 1.06. The van der Waals surface area contributed by atoms with E-state index in [1.807, 2.05) is 0 Å². The van der Waals surface area contributed by atoms with E-state index in [1.54, 1.807) is 0 Å². The van der Waals surface area contributed by atoms with Crippen LogP contribution in [-0.4, -0.2) is 19.5 Å². The van der Waals surface area contributed by atoms with Crippen LogP contribution in [0.5, 0.6) is 0 Å². The second kappa shape index (κ2) is 12.9. The maximum atomic E-state index is 5.41. The second-order valence-electron chi connectivity index (χ2n) is 14.5. The molecule has 1 aliphatic rings. The summed E-state index contributed by atoms with van der Waals surface area (Å²) in [4.78, 5) is 14.6. The van der Waals surface area contributed by atoms with Gasteiger partial charge in [-0.05, 0) is 6.07 Å². The molecule has 4 heterocycles. The van der Waals surface area contributed by atoms with Crippen LogP contribution in [0.15, 0.2) is 194 Å². The molecule has 0 saturated heterocycles. The van der Waals surface area contributed by atoms with Gasteiger partial charge < -0.3 is 0 Å². The molecule has 0 atom stereocenters. The summed E-state index contributed by atoms with van der Waals surface area (Å²) < 4.78 is 6.17. The molecule has 268 valence electrons. The van der Waals surface area contributed by atoms with E-state index in [2.05, 4.69) is 204 Å². The summed E-state index contributed by atoms with van der Waals surface area (Å²) in [5.41, 5.74) is 15.0. The van der Waals surface area contributed by atoms with E-state index >= 15 is 0 Å². The Morgan fingerprint density at radius 3 is 1.84 bits per heavy atom. The van der Waals surface area contributed by atoms with E-state index in [1.165, 1.54) is 62.0 Å². The summed E-state index contributed by atoms with van der Waals surface area (Å²) in [6, 6.07) is 70.2. The van der Waals surface area contributed by atoms with E-state index in [-0.39, 0.29) is 0 Å². The molecular formula is C52H33IN4. The number of hydrogen-bond acceptors (Lipinski definition) is 2. The topological polar surface area (TPSA) is 46.5 Å². The summed E-state index contributed by atoms with van der Waals surface area (Å²) in [5, 5.41) is 4.95. The van der Waals surface area contributed by atoms with Gasteiger partial charge in [0, 0.05) is 0 Å². The van der Waals surface area contributed by atoms with Crippen LogP contribution in [-0.2, 0) is 0 Å². The van der Waals surface area contributed by atoms with Crippen molar-refractivity contribution < 1.29 is 0 Å². The van der Waals surface area contributed by atoms with Crippen molar-refractivity contribution >= 4 is 63.4 Å². The number of halogens is 1. The van der Waals surface area contributed by atoms with Crippen molar-refractivity contribution in [3.63, 3.8) is 0 Å². The van der Waals surface area contributed by atoms with Gasteiger partial charge in [-0.25, -0.2) is 0 Å². The average molecular weight is 841 g/mol. The zero-order valence-corrected chi connectivity index (χ0v) is 32.9. The summed E-state index contributed by atoms with van der Waals surface area (Å²) in [5.74, 6) is 0. The SMILES string of the molecule is c1ccc(-c2cc(-c3ccccc3)nc(I3c4ccccc4-c4c(-c5ccc6c(c5)c5ccccc5n6-c5cccc6c5[nH]c5ccccc56)cccc43)n2)cc1. The summed E-state index contributed by atoms with van der Waals surface area (Å²) in [6.07, 6.45) is 0. The fourth-order valence-electron chi connectivity index (χ4n) is 8.78. The minimum absolute atomic E-state index is 0.962. The van der Waals surface area contributed by atoms with Crippen LogP contribution in [0.4, 0.5) is 0 Å². The number of para-hydroxylation sites is 3. The number of fused-ring (bicyclic) bond motifs is 9. The molecule has 1 N–H and O–H groups in total. The molecule has 5 heteroatoms. The Hall–Kier alpha value is -6.83. The van der Waals surface area contributed by atoms with Gasteiger partial charge in [-0.1, -0.05) is 18.2 Å². The minimum atomic E-state index is -2.33. The summed E-state index contributed by atoms with van der Waals surface area (Å²) in [6.45, 7) is 0. The molecule has 8 aromatic carbocycles. The monoisotopic (exact) mass is 840 g/mol. The average Bonchev–Trinajstić information content (AvgIpc) is 3.95. The van der Waals surface area contributed by atoms with Crippen molar-refractivity contribution in [3.05, 3.63) is 205 Å². The van der Waals surface area contributed by atoms with Gasteiger partial charge >= 0.3 is 314 Å². The molecule has 0 spiro atoms. The third-order valence-electron chi connectivity index (χ3n) is 11.3. The number of aromatic nitrogens is 4. The van der Waals surface area contributed by atoms with Crippen LogP contribution in [0, 0.1) is 11.0 Å². The Morgan fingerprint density at radius 2 is 1.04 bits per heavy atom. The van der Waals surface area contributed by atoms with Gasteiger partial charge in [0.05, 0.1) is 0 Å². The molecular weight excluding hydrogens is 808 g/mol. The molecule has 3 aromatic heterocycles. The molecule has 1 aliphatic heterocycles. The molecule has 0 aliphatic carbocycles. The molecule has 12 rings (SSSR count). The number of nitrogens with zero attached hydrogens (tertiary/aromatic N) is 3. The second-order valence-corrected chi connectivity index (χ2v) is 19.4. The van der Waals surface area contributed by atoms with E-state index in [0.29, 0.717) is 0 Å². The standard InChI is InChI=1S/C52H33IN4/c1-3-15-33(16-4-1)45-32-46(34-17-5-2-6-18-34)56-52(55-45)53-42-24-10-7-21-40(42)50-36(22-13-25-43(50)53)35-29-30-48-41(31-35)38-20-9-12-27-47(38)57(48)49-28-14-23-39-37-19-8-11-26-44(37)54-51(39)49/h1-32,54H. The van der Waals surface area contributed by atoms with Crippen LogP contribution in [0.25, 0.3) is 94.1 Å². The van der Waals surface area contributed by atoms with Crippen molar-refractivity contribution in [1.29, 1.82) is 0 Å². The van der Waals surface area contributed by atoms with Gasteiger partial charge in [-0.3, -0.25) is 0 Å². The first kappa shape index (κ1) is 32.4. The molecule has 0 unspecified atom stereocenters. The molecule has 0 saturated carbocycles. The first-order valence-corrected chi connectivity index (χ1v) is 22.5. The zero-order chi connectivity index (χ0) is 37.5. The molecule has 4 nitrogen and oxygen atoms in total. The first-order chi connectivity index (χ1) is 28.3. The normalized spacial score (nSPS) is 12.8. The first-order valence-electron chi connectivity index (χ1n) is 19.2. The summed E-state index contributed by atoms with van der Waals surface area (Å²) >= 11 is -2.33. The Bertz CT molecular complexity index is 3310. The van der Waals surface area contributed by atoms with E-state index in [9.17, 15) is 0 Å². The molecule has 11 aromatic rings. The third kappa shape index (κ3) is 5.05. The van der Waals surface area contributed by atoms with E-state index in [0.717, 1.165) is 43.1 Å². The van der Waals surface area contributed by atoms with Crippen molar-refractivity contribution in [3.8, 4) is 50.5 Å². The third-order valence-corrected chi connectivity index (χ3v) is 16.9. The Kier molecular flexibility index (Phi) is 7.32. The molecule has 57 heavy (non-hydrogen) atoms. The summed E-state index contributed by atoms with van der Waals surface area (Å²) in [7, 11) is 0. The number of aromatic amines is 1. The van der Waals surface area contributed by atoms with Crippen LogP contribution in [0.3, 0.4) is 0 Å². The van der Waals surface area contributed by atoms with Crippen LogP contribution in [0.1, 0.15) is 0 Å². The Labute approximate surface area is 336 Å². The zero-order valence-electron chi connectivity index (χ0n) is 30.7. The van der Waals surface area contributed by atoms with E-state index < -0.39 is 19.8 Å². The molecule has 0 amide bonds. The van der Waals surface area contributed by atoms with Gasteiger partial charge in [0.1, 0.15) is 0 Å². The van der Waals surface area contributed by atoms with Crippen molar-refractivity contribution in [2.45, 2.75) is 0 Å². The van der Waals surface area contributed by atoms with Crippen LogP contribution < -0.4 is 0 Å². The van der Waals surface area contributed by atoms with Gasteiger partial charge in [0.15, 0.2) is 0 Å². The fourth-order valence-corrected chi connectivity index (χ4v) is 14.7. The van der Waals surface area contributed by atoms with E-state index in [4.69, 9.17) is 9.97 Å². The Morgan fingerprint density at radius 1 is 0.421 bits per heavy atom. The number of rotatable bonds is 5. The molecule has 0 bridgehead atoms. The molecule has 0 radical (unpaired) electrons. The van der Waals surface area contributed by atoms with Crippen LogP contribution >= 0.6 is 19.8 Å². The van der Waals surface area contributed by atoms with Crippen molar-refractivity contribution in [2.24, 2.45) is 0 Å². The van der Waals surface area contributed by atoms with Crippen LogP contribution in [0.2, 0.25) is 0 Å². The number of benzene rings is 8. The number of H-pyrrole nitrogens is 1. The van der Waals surface area contributed by atoms with Gasteiger partial charge in [0.25, 0.3) is 0 Å². The predicted octanol–water partition coefficient (Wildman–Crippen LogP) is 13.6. The number of hydrogen-bond donors (Lipinski definition) is 1. The maximum absolute atomic E-state index is 5.41. The predicted molar refractivity (Wildman–Crippen MR) is 244 cm³/mol. The van der Waals surface area contributed by atoms with Gasteiger partial charge in [-0.15, -0.1) is 0 Å². The van der Waals surface area contributed by atoms with Crippen molar-refractivity contribution in [1.82, 2.24) is 19.5 Å². The van der Waals surface area contributed by atoms with Crippen molar-refractivity contribution in [2.75, 3.05) is 0 Å². The van der Waals surface area contributed by atoms with Gasteiger partial charge in [0.2, 0.25) is 0 Å². The fraction of sp³-hybridized carbons (Fsp3) is 0. The number of nitrogens with one attached hydrogen (secondary N) is 1. The molecule has 0 fully saturated rings. The quantitative estimate of drug-likeness (QED) is 0.139. The van der Waals surface area contributed by atoms with Gasteiger partial charge in [-0.2, -0.15) is 0 Å².